The first-order chi connectivity index (χ1) is 7.31. The molecule has 0 aromatic carbocycles. The van der Waals surface area contributed by atoms with E-state index in [-0.39, 0.29) is 37.2 Å². The molecular weight excluding hydrogens is 315 g/mol. The molecule has 0 spiro atoms. The highest BCUT2D eigenvalue weighted by Crippen LogP contribution is 2.05. The van der Waals surface area contributed by atoms with E-state index in [0.29, 0.717) is 0 Å². The maximum atomic E-state index is 4.23. The van der Waals surface area contributed by atoms with E-state index in [4.69, 9.17) is 0 Å². The maximum absolute atomic E-state index is 4.23. The van der Waals surface area contributed by atoms with E-state index in [1.807, 2.05) is 7.05 Å². The molecule has 8 heteroatoms. The number of nitrogens with zero attached hydrogens (tertiary/aromatic N) is 3. The van der Waals surface area contributed by atoms with E-state index in [0.717, 1.165) is 37.5 Å². The van der Waals surface area contributed by atoms with Crippen molar-refractivity contribution in [3.05, 3.63) is 15.9 Å². The third-order valence-electron chi connectivity index (χ3n) is 2.80. The monoisotopic (exact) mass is 334 g/mol. The minimum absolute atomic E-state index is 0. The highest BCUT2D eigenvalue weighted by Gasteiger charge is 2.11. The molecule has 1 aliphatic heterocycles. The van der Waals surface area contributed by atoms with Crippen LogP contribution in [0.4, 0.5) is 0 Å². The van der Waals surface area contributed by atoms with Gasteiger partial charge in [0.15, 0.2) is 4.80 Å². The summed E-state index contributed by atoms with van der Waals surface area (Å²) in [4.78, 5) is 7.82. The Morgan fingerprint density at radius 1 is 1.28 bits per heavy atom. The summed E-state index contributed by atoms with van der Waals surface area (Å²) in [5.41, 5.74) is 1.36. The number of thiazole rings is 1. The summed E-state index contributed by atoms with van der Waals surface area (Å²) in [7, 11) is 3.94. The summed E-state index contributed by atoms with van der Waals surface area (Å²) < 4.78 is 2.19. The van der Waals surface area contributed by atoms with Gasteiger partial charge >= 0.3 is 0 Å². The van der Waals surface area contributed by atoms with Gasteiger partial charge in [0.05, 0.1) is 0 Å². The van der Waals surface area contributed by atoms with Gasteiger partial charge in [0.1, 0.15) is 0 Å². The highest BCUT2D eigenvalue weighted by atomic mass is 35.5. The lowest BCUT2D eigenvalue weighted by atomic mass is 10.3. The Balaban J connectivity index is 0. The second kappa shape index (κ2) is 10.1. The van der Waals surface area contributed by atoms with Gasteiger partial charge in [-0.05, 0) is 0 Å². The molecule has 1 fully saturated rings. The molecule has 0 unspecified atom stereocenters. The standard InChI is InChI=1S/C10H18N4S.3ClH/c1-11-10-13(2)9(8-15-10)7-14-5-3-12-4-6-14;;;/h8,12H,3-7H2,1-2H3;3*1H/b11-10-;;;. The summed E-state index contributed by atoms with van der Waals surface area (Å²) in [5, 5.41) is 5.58. The molecule has 4 nitrogen and oxygen atoms in total. The molecular formula is C10H21Cl3N4S. The topological polar surface area (TPSA) is 32.6 Å². The summed E-state index contributed by atoms with van der Waals surface area (Å²) >= 11 is 1.72. The number of hydrogen-bond donors (Lipinski definition) is 1. The number of hydrogen-bond acceptors (Lipinski definition) is 4. The van der Waals surface area contributed by atoms with Crippen LogP contribution in [0.1, 0.15) is 5.69 Å². The van der Waals surface area contributed by atoms with Crippen LogP contribution in [0.3, 0.4) is 0 Å². The zero-order valence-electron chi connectivity index (χ0n) is 10.6. The van der Waals surface area contributed by atoms with E-state index >= 15 is 0 Å². The molecule has 0 aliphatic carbocycles. The van der Waals surface area contributed by atoms with Gasteiger partial charge < -0.3 is 9.88 Å². The van der Waals surface area contributed by atoms with Crippen molar-refractivity contribution in [3.8, 4) is 0 Å². The largest absolute Gasteiger partial charge is 0.323 e. The molecule has 2 rings (SSSR count). The summed E-state index contributed by atoms with van der Waals surface area (Å²) in [6.07, 6.45) is 0. The van der Waals surface area contributed by atoms with Crippen LogP contribution in [-0.2, 0) is 13.6 Å². The quantitative estimate of drug-likeness (QED) is 0.883. The van der Waals surface area contributed by atoms with E-state index in [9.17, 15) is 0 Å². The Hall–Kier alpha value is 0.220. The average Bonchev–Trinajstić information content (AvgIpc) is 2.62. The van der Waals surface area contributed by atoms with Crippen molar-refractivity contribution in [2.45, 2.75) is 6.54 Å². The highest BCUT2D eigenvalue weighted by molar-refractivity contribution is 7.07. The van der Waals surface area contributed by atoms with Gasteiger partial charge in [0.25, 0.3) is 0 Å². The van der Waals surface area contributed by atoms with Gasteiger partial charge in [0, 0.05) is 57.9 Å². The van der Waals surface area contributed by atoms with Crippen LogP contribution in [0.5, 0.6) is 0 Å². The van der Waals surface area contributed by atoms with Crippen LogP contribution < -0.4 is 10.1 Å². The van der Waals surface area contributed by atoms with Gasteiger partial charge in [0.2, 0.25) is 0 Å². The van der Waals surface area contributed by atoms with Gasteiger partial charge in [-0.1, -0.05) is 0 Å². The van der Waals surface area contributed by atoms with Crippen molar-refractivity contribution in [3.63, 3.8) is 0 Å². The third-order valence-corrected chi connectivity index (χ3v) is 3.86. The minimum atomic E-state index is 0. The minimum Gasteiger partial charge on any atom is -0.323 e. The van der Waals surface area contributed by atoms with Crippen molar-refractivity contribution < 1.29 is 0 Å². The molecule has 1 saturated heterocycles. The first-order valence-corrected chi connectivity index (χ1v) is 6.18. The molecule has 1 aromatic heterocycles. The molecule has 18 heavy (non-hydrogen) atoms. The van der Waals surface area contributed by atoms with Crippen LogP contribution in [0.15, 0.2) is 10.4 Å². The van der Waals surface area contributed by atoms with Crippen LogP contribution in [0.25, 0.3) is 0 Å². The van der Waals surface area contributed by atoms with Crippen LogP contribution in [0, 0.1) is 0 Å². The van der Waals surface area contributed by atoms with Crippen molar-refractivity contribution in [2.24, 2.45) is 12.0 Å². The Morgan fingerprint density at radius 2 is 1.89 bits per heavy atom. The zero-order valence-corrected chi connectivity index (χ0v) is 13.9. The van der Waals surface area contributed by atoms with Crippen molar-refractivity contribution >= 4 is 48.6 Å². The normalized spacial score (nSPS) is 16.4. The first-order valence-electron chi connectivity index (χ1n) is 5.30. The number of halogens is 3. The van der Waals surface area contributed by atoms with E-state index in [1.54, 1.807) is 11.3 Å². The Labute approximate surface area is 131 Å². The SMILES string of the molecule is C/N=c1\scc(CN2CCNCC2)n1C.Cl.Cl.Cl. The van der Waals surface area contributed by atoms with Crippen LogP contribution >= 0.6 is 48.6 Å². The first kappa shape index (κ1) is 20.5. The second-order valence-corrected chi connectivity index (χ2v) is 4.65. The number of rotatable bonds is 2. The van der Waals surface area contributed by atoms with Crippen molar-refractivity contribution in [1.82, 2.24) is 14.8 Å². The van der Waals surface area contributed by atoms with E-state index < -0.39 is 0 Å². The molecule has 108 valence electrons. The van der Waals surface area contributed by atoms with Gasteiger partial charge in [-0.2, -0.15) is 0 Å². The average molecular weight is 336 g/mol. The van der Waals surface area contributed by atoms with E-state index in [2.05, 4.69) is 32.2 Å². The Bertz CT molecular complexity index is 385. The predicted molar refractivity (Wildman–Crippen MR) is 84.7 cm³/mol. The lowest BCUT2D eigenvalue weighted by Crippen LogP contribution is -2.43. The molecule has 1 N–H and O–H groups in total. The van der Waals surface area contributed by atoms with Gasteiger partial charge in [-0.25, -0.2) is 0 Å². The molecule has 0 amide bonds. The smallest absolute Gasteiger partial charge is 0.184 e. The fraction of sp³-hybridized carbons (Fsp3) is 0.700. The summed E-state index contributed by atoms with van der Waals surface area (Å²) in [5.74, 6) is 0. The second-order valence-electron chi connectivity index (χ2n) is 3.82. The summed E-state index contributed by atoms with van der Waals surface area (Å²) in [6, 6.07) is 0. The molecule has 1 aliphatic rings. The zero-order chi connectivity index (χ0) is 10.7. The third kappa shape index (κ3) is 5.07. The summed E-state index contributed by atoms with van der Waals surface area (Å²) in [6.45, 7) is 5.56. The lowest BCUT2D eigenvalue weighted by molar-refractivity contribution is 0.228. The van der Waals surface area contributed by atoms with Crippen LogP contribution in [0.2, 0.25) is 0 Å². The molecule has 0 atom stereocenters. The fourth-order valence-electron chi connectivity index (χ4n) is 1.85. The van der Waals surface area contributed by atoms with Gasteiger partial charge in [-0.15, -0.1) is 48.6 Å². The maximum Gasteiger partial charge on any atom is 0.184 e. The van der Waals surface area contributed by atoms with Crippen LogP contribution in [-0.4, -0.2) is 42.7 Å². The van der Waals surface area contributed by atoms with Crippen molar-refractivity contribution in [1.29, 1.82) is 0 Å². The van der Waals surface area contributed by atoms with Gasteiger partial charge in [-0.3, -0.25) is 9.89 Å². The number of aromatic nitrogens is 1. The van der Waals surface area contributed by atoms with Crippen molar-refractivity contribution in [2.75, 3.05) is 33.2 Å². The number of piperazine rings is 1. The molecule has 0 radical (unpaired) electrons. The lowest BCUT2D eigenvalue weighted by Gasteiger charge is -2.27. The molecule has 0 bridgehead atoms. The molecule has 0 saturated carbocycles. The van der Waals surface area contributed by atoms with E-state index in [1.165, 1.54) is 5.69 Å². The Morgan fingerprint density at radius 3 is 2.39 bits per heavy atom. The number of nitrogens with one attached hydrogen (secondary N) is 1. The Kier molecular flexibility index (Phi) is 11.5. The molecule has 1 aromatic rings. The fourth-order valence-corrected chi connectivity index (χ4v) is 2.70. The predicted octanol–water partition coefficient (Wildman–Crippen LogP) is 1.29. The molecule has 2 heterocycles.